The second-order valence-corrected chi connectivity index (χ2v) is 14.1. The molecule has 5 rings (SSSR count). The first-order valence-electron chi connectivity index (χ1n) is 19.1. The first kappa shape index (κ1) is 46.3. The molecule has 17 heteroatoms. The Morgan fingerprint density at radius 1 is 0.800 bits per heavy atom. The van der Waals surface area contributed by atoms with Gasteiger partial charge in [-0.1, -0.05) is 60.7 Å². The molecule has 4 aromatic carbocycles. The number of hydrogen-bond acceptors (Lipinski definition) is 12. The lowest BCUT2D eigenvalue weighted by atomic mass is 10.0. The third-order valence-electron chi connectivity index (χ3n) is 9.75. The molecular weight excluding hydrogens is 778 g/mol. The van der Waals surface area contributed by atoms with Crippen LogP contribution in [0.2, 0.25) is 0 Å². The van der Waals surface area contributed by atoms with Crippen LogP contribution in [0.4, 0.5) is 21.9 Å². The number of hydrogen-bond donors (Lipinski definition) is 10. The molecule has 3 atom stereocenters. The van der Waals surface area contributed by atoms with E-state index < -0.39 is 36.3 Å². The van der Waals surface area contributed by atoms with Gasteiger partial charge in [0.15, 0.2) is 12.2 Å². The second-order valence-electron chi connectivity index (χ2n) is 14.1. The number of piperidine rings is 1. The summed E-state index contributed by atoms with van der Waals surface area (Å²) in [5, 5.41) is 64.6. The predicted molar refractivity (Wildman–Crippen MR) is 222 cm³/mol. The van der Waals surface area contributed by atoms with Crippen molar-refractivity contribution >= 4 is 47.4 Å². The van der Waals surface area contributed by atoms with Crippen molar-refractivity contribution in [2.75, 3.05) is 42.1 Å². The number of phenols is 1. The molecule has 1 saturated heterocycles. The molecule has 0 saturated carbocycles. The minimum atomic E-state index is -2.27. The van der Waals surface area contributed by atoms with Crippen LogP contribution < -0.4 is 21.3 Å². The summed E-state index contributed by atoms with van der Waals surface area (Å²) >= 11 is 0. The van der Waals surface area contributed by atoms with Crippen molar-refractivity contribution in [1.82, 2.24) is 10.2 Å². The predicted octanol–water partition coefficient (Wildman–Crippen LogP) is 3.99. The van der Waals surface area contributed by atoms with Crippen LogP contribution in [-0.2, 0) is 30.5 Å². The highest BCUT2D eigenvalue weighted by molar-refractivity contribution is 5.92. The lowest BCUT2D eigenvalue weighted by molar-refractivity contribution is -0.165. The number of anilines is 3. The van der Waals surface area contributed by atoms with E-state index in [1.54, 1.807) is 6.07 Å². The highest BCUT2D eigenvalue weighted by Gasteiger charge is 2.29. The Bertz CT molecular complexity index is 2070. The van der Waals surface area contributed by atoms with Gasteiger partial charge in [-0.2, -0.15) is 0 Å². The van der Waals surface area contributed by atoms with E-state index >= 15 is 0 Å². The summed E-state index contributed by atoms with van der Waals surface area (Å²) in [6.07, 6.45) is -3.79. The number of para-hydroxylation sites is 1. The number of carboxylic acid groups (broad SMARTS) is 2. The van der Waals surface area contributed by atoms with Crippen molar-refractivity contribution in [3.63, 3.8) is 0 Å². The van der Waals surface area contributed by atoms with E-state index in [0.29, 0.717) is 50.0 Å². The maximum atomic E-state index is 12.9. The van der Waals surface area contributed by atoms with E-state index in [2.05, 4.69) is 26.2 Å². The summed E-state index contributed by atoms with van der Waals surface area (Å²) in [5.74, 6) is -3.67. The van der Waals surface area contributed by atoms with E-state index in [1.807, 2.05) is 80.6 Å². The van der Waals surface area contributed by atoms with Crippen molar-refractivity contribution in [3.05, 3.63) is 107 Å². The number of likely N-dealkylation sites (tertiary alicyclic amines) is 1. The van der Waals surface area contributed by atoms with E-state index in [-0.39, 0.29) is 30.0 Å². The van der Waals surface area contributed by atoms with E-state index in [1.165, 1.54) is 12.1 Å². The third-order valence-corrected chi connectivity index (χ3v) is 9.75. The first-order chi connectivity index (χ1) is 28.7. The van der Waals surface area contributed by atoms with E-state index in [0.717, 1.165) is 46.6 Å². The number of carboxylic acids is 2. The average Bonchev–Trinajstić information content (AvgIpc) is 3.23. The maximum Gasteiger partial charge on any atom is 0.411 e. The molecule has 3 amide bonds. The van der Waals surface area contributed by atoms with Gasteiger partial charge in [-0.05, 0) is 78.8 Å². The number of nitrogens with zero attached hydrogens (tertiary/aromatic N) is 1. The second kappa shape index (κ2) is 22.7. The number of carbonyl (C=O) groups is 5. The van der Waals surface area contributed by atoms with Crippen molar-refractivity contribution in [2.45, 2.75) is 64.1 Å². The number of rotatable bonds is 17. The zero-order chi connectivity index (χ0) is 43.8. The number of ether oxygens (including phenoxy) is 1. The average molecular weight is 830 g/mol. The minimum Gasteiger partial charge on any atom is -0.506 e. The van der Waals surface area contributed by atoms with Gasteiger partial charge in [-0.3, -0.25) is 14.9 Å². The van der Waals surface area contributed by atoms with Crippen molar-refractivity contribution in [3.8, 4) is 16.9 Å². The Labute approximate surface area is 346 Å². The highest BCUT2D eigenvalue weighted by Crippen LogP contribution is 2.29. The molecule has 4 aromatic rings. The Kier molecular flexibility index (Phi) is 17.5. The van der Waals surface area contributed by atoms with Crippen LogP contribution in [0, 0.1) is 13.8 Å². The fourth-order valence-electron chi connectivity index (χ4n) is 6.35. The quantitative estimate of drug-likeness (QED) is 0.0533. The summed E-state index contributed by atoms with van der Waals surface area (Å²) in [4.78, 5) is 58.2. The zero-order valence-electron chi connectivity index (χ0n) is 33.2. The summed E-state index contributed by atoms with van der Waals surface area (Å²) < 4.78 is 5.75. The number of aliphatic hydroxyl groups is 3. The minimum absolute atomic E-state index is 0.0614. The molecule has 2 unspecified atom stereocenters. The van der Waals surface area contributed by atoms with Crippen molar-refractivity contribution in [1.29, 1.82) is 0 Å². The van der Waals surface area contributed by atoms with Gasteiger partial charge in [0.1, 0.15) is 11.9 Å². The highest BCUT2D eigenvalue weighted by atomic mass is 16.6. The van der Waals surface area contributed by atoms with Gasteiger partial charge in [0.25, 0.3) is 0 Å². The molecular formula is C43H51N5O12. The number of nitrogens with one attached hydrogen (secondary N) is 4. The van der Waals surface area contributed by atoms with Crippen LogP contribution in [0.3, 0.4) is 0 Å². The van der Waals surface area contributed by atoms with Gasteiger partial charge in [0.05, 0.1) is 17.5 Å². The Balaban J connectivity index is 0.000000703. The molecule has 17 nitrogen and oxygen atoms in total. The molecule has 0 aliphatic carbocycles. The fourth-order valence-corrected chi connectivity index (χ4v) is 6.35. The normalized spacial score (nSPS) is 14.3. The van der Waals surface area contributed by atoms with Gasteiger partial charge in [-0.25, -0.2) is 14.4 Å². The maximum absolute atomic E-state index is 12.9. The summed E-state index contributed by atoms with van der Waals surface area (Å²) in [6.45, 7) is 6.81. The fraction of sp³-hybridized carbons (Fsp3) is 0.326. The van der Waals surface area contributed by atoms with Gasteiger partial charge in [-0.15, -0.1) is 0 Å². The van der Waals surface area contributed by atoms with Crippen LogP contribution in [-0.4, -0.2) is 110 Å². The first-order valence-corrected chi connectivity index (χ1v) is 19.1. The van der Waals surface area contributed by atoms with Gasteiger partial charge in [0, 0.05) is 50.4 Å². The largest absolute Gasteiger partial charge is 0.506 e. The third kappa shape index (κ3) is 13.9. The van der Waals surface area contributed by atoms with Gasteiger partial charge < -0.3 is 56.2 Å². The van der Waals surface area contributed by atoms with Crippen LogP contribution in [0.15, 0.2) is 84.9 Å². The lowest BCUT2D eigenvalue weighted by Crippen LogP contribution is -2.39. The van der Waals surface area contributed by atoms with Crippen LogP contribution >= 0.6 is 0 Å². The number of benzene rings is 4. The monoisotopic (exact) mass is 829 g/mol. The molecule has 60 heavy (non-hydrogen) atoms. The molecule has 1 aliphatic rings. The molecule has 320 valence electrons. The van der Waals surface area contributed by atoms with E-state index in [4.69, 9.17) is 25.2 Å². The molecule has 1 heterocycles. The number of aromatic hydroxyl groups is 1. The number of phenolic OH excluding ortho intramolecular Hbond substituents is 1. The van der Waals surface area contributed by atoms with Crippen molar-refractivity contribution in [2.24, 2.45) is 0 Å². The number of aliphatic carboxylic acids is 2. The van der Waals surface area contributed by atoms with Crippen molar-refractivity contribution < 1.29 is 59.3 Å². The number of aryl methyl sites for hydroxylation is 2. The molecule has 0 aromatic heterocycles. The molecule has 0 bridgehead atoms. The number of carbonyl (C=O) groups excluding carboxylic acids is 3. The summed E-state index contributed by atoms with van der Waals surface area (Å²) in [5.41, 5.74) is 7.20. The topological polar surface area (TPSA) is 267 Å². The Hall–Kier alpha value is -6.37. The Morgan fingerprint density at radius 2 is 1.45 bits per heavy atom. The van der Waals surface area contributed by atoms with E-state index in [9.17, 15) is 34.2 Å². The van der Waals surface area contributed by atoms with Crippen LogP contribution in [0.5, 0.6) is 5.75 Å². The molecule has 0 radical (unpaired) electrons. The standard InChI is InChI=1S/C39H45N5O6.C4H6O6/c1-26-21-34(27(2)20-30(26)23-40-24-37(47)29-12-13-36(46)35(22-29)41-25-45)42-38(48)16-19-44-17-14-31(15-18-44)50-39(49)43-33-11-7-6-10-32(33)28-8-4-3-5-9-28;5-1(3(7)8)2(6)4(9)10/h3-13,20-22,25,31,37,40,46-47H,14-19,23-24H2,1-2H3,(H,41,45)(H,42,48)(H,43,49);1-2,5-6H,(H,7,8)(H,9,10)/t37-;/m0./s1. The van der Waals surface area contributed by atoms with Gasteiger partial charge in [0.2, 0.25) is 12.3 Å². The SMILES string of the molecule is Cc1cc(NC(=O)CCN2CCC(OC(=O)Nc3ccccc3-c3ccccc3)CC2)c(C)cc1CNC[C@H](O)c1ccc(O)c(NC=O)c1.O=C(O)C(O)C(O)C(=O)O. The smallest absolute Gasteiger partial charge is 0.411 e. The van der Waals surface area contributed by atoms with Crippen LogP contribution in [0.25, 0.3) is 11.1 Å². The molecule has 10 N–H and O–H groups in total. The summed E-state index contributed by atoms with van der Waals surface area (Å²) in [7, 11) is 0. The molecule has 1 fully saturated rings. The number of amides is 3. The lowest BCUT2D eigenvalue weighted by Gasteiger charge is -2.31. The summed E-state index contributed by atoms with van der Waals surface area (Å²) in [6, 6.07) is 26.1. The van der Waals surface area contributed by atoms with Gasteiger partial charge >= 0.3 is 18.0 Å². The number of aliphatic hydroxyl groups excluding tert-OH is 3. The van der Waals surface area contributed by atoms with Crippen LogP contribution in [0.1, 0.15) is 47.6 Å². The Morgan fingerprint density at radius 3 is 2.10 bits per heavy atom. The molecule has 0 spiro atoms. The molecule has 1 aliphatic heterocycles. The zero-order valence-corrected chi connectivity index (χ0v) is 33.2.